The first-order chi connectivity index (χ1) is 32.8. The van der Waals surface area contributed by atoms with E-state index in [1.165, 1.54) is 58.8 Å². The molecule has 0 spiro atoms. The van der Waals surface area contributed by atoms with E-state index in [0.29, 0.717) is 18.8 Å². The van der Waals surface area contributed by atoms with Crippen LogP contribution in [0.4, 0.5) is 11.6 Å². The van der Waals surface area contributed by atoms with Crippen LogP contribution >= 0.6 is 22.7 Å². The zero-order valence-electron chi connectivity index (χ0n) is 40.5. The molecule has 3 aliphatic heterocycles. The molecular weight excluding hydrogens is 893 g/mol. The van der Waals surface area contributed by atoms with Gasteiger partial charge in [-0.3, -0.25) is 14.5 Å². The number of carbonyl (C=O) groups is 2. The van der Waals surface area contributed by atoms with E-state index in [9.17, 15) is 9.59 Å². The number of aromatic nitrogens is 6. The molecule has 0 bridgehead atoms. The first-order valence-corrected chi connectivity index (χ1v) is 25.9. The van der Waals surface area contributed by atoms with Crippen molar-refractivity contribution in [3.8, 4) is 11.4 Å². The monoisotopic (exact) mass is 958 g/mol. The molecular formula is C52H66N10O4S2. The smallest absolute Gasteiger partial charge is 0.232 e. The fourth-order valence-electron chi connectivity index (χ4n) is 9.44. The summed E-state index contributed by atoms with van der Waals surface area (Å²) >= 11 is 3.28. The number of hydrogen-bond acceptors (Lipinski definition) is 12. The van der Waals surface area contributed by atoms with Gasteiger partial charge in [-0.05, 0) is 104 Å². The van der Waals surface area contributed by atoms with E-state index in [0.717, 1.165) is 109 Å². The number of aryl methyl sites for hydroxylation is 2. The van der Waals surface area contributed by atoms with Gasteiger partial charge < -0.3 is 25.0 Å². The Morgan fingerprint density at radius 2 is 1.16 bits per heavy atom. The maximum Gasteiger partial charge on any atom is 0.232 e. The third-order valence-corrected chi connectivity index (χ3v) is 15.7. The molecule has 2 amide bonds. The second kappa shape index (κ2) is 20.9. The van der Waals surface area contributed by atoms with Gasteiger partial charge in [-0.15, -0.1) is 22.7 Å². The maximum atomic E-state index is 13.1. The number of nitrogens with one attached hydrogen (secondary N) is 2. The van der Waals surface area contributed by atoms with Crippen LogP contribution in [0.5, 0.6) is 0 Å². The maximum absolute atomic E-state index is 13.1. The van der Waals surface area contributed by atoms with E-state index in [1.807, 2.05) is 59.9 Å². The predicted octanol–water partition coefficient (Wildman–Crippen LogP) is 8.53. The highest BCUT2D eigenvalue weighted by Gasteiger charge is 2.39. The molecule has 4 aliphatic rings. The highest BCUT2D eigenvalue weighted by Crippen LogP contribution is 2.43. The van der Waals surface area contributed by atoms with Crippen molar-refractivity contribution in [3.63, 3.8) is 0 Å². The lowest BCUT2D eigenvalue weighted by Gasteiger charge is -2.26. The Balaban J connectivity index is 0.000000170. The molecule has 0 saturated carbocycles. The van der Waals surface area contributed by atoms with Crippen molar-refractivity contribution >= 4 is 46.1 Å². The molecule has 0 unspecified atom stereocenters. The molecule has 0 radical (unpaired) electrons. The molecule has 14 nitrogen and oxygen atoms in total. The number of rotatable bonds is 14. The fourth-order valence-corrected chi connectivity index (χ4v) is 11.3. The number of carbonyl (C=O) groups excluding carboxylic acids is 2. The quantitative estimate of drug-likeness (QED) is 0.109. The number of thiazole rings is 2. The number of nitrogens with zero attached hydrogens (tertiary/aromatic N) is 8. The molecule has 360 valence electrons. The third kappa shape index (κ3) is 11.3. The van der Waals surface area contributed by atoms with Crippen LogP contribution in [-0.2, 0) is 68.8 Å². The third-order valence-electron chi connectivity index (χ3n) is 13.6. The van der Waals surface area contributed by atoms with Gasteiger partial charge in [0, 0.05) is 64.9 Å². The summed E-state index contributed by atoms with van der Waals surface area (Å²) in [7, 11) is 0. The molecule has 2 N–H and O–H groups in total. The van der Waals surface area contributed by atoms with Gasteiger partial charge in [0.15, 0.2) is 0 Å². The summed E-state index contributed by atoms with van der Waals surface area (Å²) in [5, 5.41) is 17.8. The van der Waals surface area contributed by atoms with Crippen LogP contribution in [0.3, 0.4) is 0 Å². The summed E-state index contributed by atoms with van der Waals surface area (Å²) in [6.45, 7) is 21.1. The lowest BCUT2D eigenvalue weighted by atomic mass is 9.91. The van der Waals surface area contributed by atoms with Crippen LogP contribution in [0.25, 0.3) is 11.4 Å². The Hall–Kier alpha value is -5.10. The highest BCUT2D eigenvalue weighted by atomic mass is 32.1. The number of likely N-dealkylation sites (tertiary alicyclic amines) is 1. The first kappa shape index (κ1) is 47.9. The van der Waals surface area contributed by atoms with E-state index in [4.69, 9.17) is 19.7 Å². The van der Waals surface area contributed by atoms with Crippen LogP contribution < -0.4 is 10.6 Å². The lowest BCUT2D eigenvalue weighted by molar-refractivity contribution is -0.116. The summed E-state index contributed by atoms with van der Waals surface area (Å²) in [5.41, 5.74) is 7.84. The molecule has 4 aromatic heterocycles. The van der Waals surface area contributed by atoms with Crippen LogP contribution in [0, 0.1) is 13.8 Å². The molecule has 2 aromatic carbocycles. The van der Waals surface area contributed by atoms with Gasteiger partial charge in [-0.1, -0.05) is 55.7 Å². The van der Waals surface area contributed by atoms with Crippen LogP contribution in [0.1, 0.15) is 107 Å². The van der Waals surface area contributed by atoms with E-state index in [-0.39, 0.29) is 23.7 Å². The topological polar surface area (TPSA) is 145 Å². The minimum atomic E-state index is -0.491. The van der Waals surface area contributed by atoms with Crippen molar-refractivity contribution in [2.24, 2.45) is 0 Å². The molecule has 1 aliphatic carbocycles. The van der Waals surface area contributed by atoms with Gasteiger partial charge in [0.05, 0.1) is 49.7 Å². The van der Waals surface area contributed by atoms with E-state index in [2.05, 4.69) is 82.4 Å². The summed E-state index contributed by atoms with van der Waals surface area (Å²) in [6.07, 6.45) is 12.3. The highest BCUT2D eigenvalue weighted by molar-refractivity contribution is 7.12. The number of anilines is 2. The van der Waals surface area contributed by atoms with E-state index in [1.54, 1.807) is 22.7 Å². The molecule has 7 heterocycles. The van der Waals surface area contributed by atoms with Gasteiger partial charge in [0.25, 0.3) is 0 Å². The molecule has 16 heteroatoms. The SMILES string of the molecule is Cc1ccc(-n2nc3c(c2NC(=O)Cc2ncc(CCN4CCCCC4)s2)CCC3(C)C)cc1.Cc1ccc(-n2nc3c(c2NC(=O)Cc2ncc(CCN4CCOCC4)s2)COC3(C)C)cc1. The Kier molecular flexibility index (Phi) is 14.7. The molecule has 2 saturated heterocycles. The van der Waals surface area contributed by atoms with E-state index < -0.39 is 5.60 Å². The van der Waals surface area contributed by atoms with Crippen LogP contribution in [0.2, 0.25) is 0 Å². The molecule has 2 fully saturated rings. The number of hydrogen-bond donors (Lipinski definition) is 2. The molecule has 10 rings (SSSR count). The number of benzene rings is 2. The predicted molar refractivity (Wildman–Crippen MR) is 270 cm³/mol. The summed E-state index contributed by atoms with van der Waals surface area (Å²) < 4.78 is 15.1. The summed E-state index contributed by atoms with van der Waals surface area (Å²) in [6, 6.07) is 16.4. The van der Waals surface area contributed by atoms with Crippen molar-refractivity contribution in [1.29, 1.82) is 0 Å². The Bertz CT molecular complexity index is 2500. The van der Waals surface area contributed by atoms with Gasteiger partial charge in [0.2, 0.25) is 11.8 Å². The normalized spacial score (nSPS) is 17.6. The number of morpholine rings is 1. The minimum absolute atomic E-state index is 0.0172. The lowest BCUT2D eigenvalue weighted by Crippen LogP contribution is -2.37. The Labute approximate surface area is 408 Å². The zero-order valence-corrected chi connectivity index (χ0v) is 42.2. The second-order valence-electron chi connectivity index (χ2n) is 19.8. The zero-order chi connectivity index (χ0) is 47.4. The number of piperidine rings is 1. The fraction of sp³-hybridized carbons (Fsp3) is 0.500. The molecule has 6 aromatic rings. The average molecular weight is 959 g/mol. The number of fused-ring (bicyclic) bond motifs is 2. The summed E-state index contributed by atoms with van der Waals surface area (Å²) in [4.78, 5) is 42.6. The standard InChI is InChI=1S/C27H35N5OS.C25H31N5O3S/c1-19-7-9-20(10-8-19)32-26(22-11-13-27(2,3)25(22)30-32)29-23(33)17-24-28-18-21(34-24)12-16-31-14-5-4-6-15-31;1-17-4-6-18(7-5-17)30-24(20-16-33-25(2,3)23(20)28-30)27-21(31)14-22-26-15-19(34-22)8-9-29-10-12-32-13-11-29/h7-10,18H,4-6,11-17H2,1-3H3,(H,29,33);4-7,15H,8-14,16H2,1-3H3,(H,27,31). The van der Waals surface area contributed by atoms with Crippen molar-refractivity contribution in [1.82, 2.24) is 39.3 Å². The van der Waals surface area contributed by atoms with Crippen LogP contribution in [-0.4, -0.2) is 104 Å². The Morgan fingerprint density at radius 3 is 1.71 bits per heavy atom. The van der Waals surface area contributed by atoms with Gasteiger partial charge >= 0.3 is 0 Å². The molecule has 68 heavy (non-hydrogen) atoms. The second-order valence-corrected chi connectivity index (χ2v) is 22.2. The van der Waals surface area contributed by atoms with Gasteiger partial charge in [-0.2, -0.15) is 10.2 Å². The number of ether oxygens (including phenoxy) is 2. The van der Waals surface area contributed by atoms with Crippen molar-refractivity contribution in [2.45, 2.75) is 117 Å². The molecule has 0 atom stereocenters. The van der Waals surface area contributed by atoms with Crippen molar-refractivity contribution in [2.75, 3.05) is 63.1 Å². The van der Waals surface area contributed by atoms with Crippen molar-refractivity contribution < 1.29 is 19.1 Å². The van der Waals surface area contributed by atoms with Crippen molar-refractivity contribution in [3.05, 3.63) is 114 Å². The number of amides is 2. The van der Waals surface area contributed by atoms with Crippen LogP contribution in [0.15, 0.2) is 60.9 Å². The van der Waals surface area contributed by atoms with E-state index >= 15 is 0 Å². The Morgan fingerprint density at radius 1 is 0.662 bits per heavy atom. The largest absolute Gasteiger partial charge is 0.379 e. The van der Waals surface area contributed by atoms with Gasteiger partial charge in [0.1, 0.15) is 32.9 Å². The van der Waals surface area contributed by atoms with Gasteiger partial charge in [-0.25, -0.2) is 19.3 Å². The first-order valence-electron chi connectivity index (χ1n) is 24.3. The minimum Gasteiger partial charge on any atom is -0.379 e. The summed E-state index contributed by atoms with van der Waals surface area (Å²) in [5.74, 6) is 1.36. The average Bonchev–Trinajstić information content (AvgIpc) is 4.20.